The highest BCUT2D eigenvalue weighted by molar-refractivity contribution is 14.0. The van der Waals surface area contributed by atoms with Gasteiger partial charge >= 0.3 is 0 Å². The summed E-state index contributed by atoms with van der Waals surface area (Å²) in [4.78, 5) is 18.5. The van der Waals surface area contributed by atoms with E-state index >= 15 is 0 Å². The molecule has 30 heavy (non-hydrogen) atoms. The van der Waals surface area contributed by atoms with Gasteiger partial charge in [-0.25, -0.2) is 4.39 Å². The Balaban J connectivity index is 0.00000450. The van der Waals surface area contributed by atoms with Crippen LogP contribution in [-0.2, 0) is 16.0 Å². The zero-order valence-electron chi connectivity index (χ0n) is 18.1. The Morgan fingerprint density at radius 2 is 2.03 bits per heavy atom. The summed E-state index contributed by atoms with van der Waals surface area (Å²) in [6.07, 6.45) is 0.530. The van der Waals surface area contributed by atoms with Crippen molar-refractivity contribution in [2.75, 3.05) is 46.4 Å². The van der Waals surface area contributed by atoms with E-state index < -0.39 is 11.8 Å². The molecule has 2 atom stereocenters. The molecule has 0 bridgehead atoms. The van der Waals surface area contributed by atoms with Gasteiger partial charge in [-0.2, -0.15) is 0 Å². The predicted molar refractivity (Wildman–Crippen MR) is 129 cm³/mol. The van der Waals surface area contributed by atoms with Crippen LogP contribution in [0, 0.1) is 17.7 Å². The Morgan fingerprint density at radius 1 is 1.33 bits per heavy atom. The quantitative estimate of drug-likeness (QED) is 0.254. The smallest absolute Gasteiger partial charge is 0.222 e. The number of carbonyl (C=O) groups is 1. The van der Waals surface area contributed by atoms with Gasteiger partial charge in [0, 0.05) is 39.8 Å². The van der Waals surface area contributed by atoms with Crippen molar-refractivity contribution in [2.24, 2.45) is 22.6 Å². The molecule has 1 saturated heterocycles. The first-order chi connectivity index (χ1) is 13.9. The van der Waals surface area contributed by atoms with Crippen molar-refractivity contribution in [1.82, 2.24) is 15.5 Å². The number of hydrogen-bond donors (Lipinski definition) is 3. The third kappa shape index (κ3) is 9.57. The van der Waals surface area contributed by atoms with Crippen LogP contribution in [0.3, 0.4) is 0 Å². The average molecular weight is 535 g/mol. The first kappa shape index (κ1) is 26.6. The second-order valence-corrected chi connectivity index (χ2v) is 7.91. The first-order valence-electron chi connectivity index (χ1n) is 10.2. The number of morpholine rings is 1. The molecule has 0 aliphatic carbocycles. The molecule has 1 aliphatic rings. The van der Waals surface area contributed by atoms with Crippen LogP contribution < -0.4 is 16.4 Å². The van der Waals surface area contributed by atoms with Gasteiger partial charge in [-0.3, -0.25) is 14.7 Å². The SMILES string of the molecule is CN=C(NCC1CN(CC(C)C)CCO1)NCC(Cc1ccc(F)cc1)C(N)=O.I. The molecule has 7 nitrogen and oxygen atoms in total. The van der Waals surface area contributed by atoms with Crippen LogP contribution in [0.4, 0.5) is 4.39 Å². The Labute approximate surface area is 196 Å². The summed E-state index contributed by atoms with van der Waals surface area (Å²) in [6.45, 7) is 9.06. The lowest BCUT2D eigenvalue weighted by Gasteiger charge is -2.34. The molecule has 4 N–H and O–H groups in total. The molecule has 170 valence electrons. The maximum Gasteiger partial charge on any atom is 0.222 e. The number of ether oxygens (including phenoxy) is 1. The molecule has 1 aromatic rings. The predicted octanol–water partition coefficient (Wildman–Crippen LogP) is 1.61. The molecular weight excluding hydrogens is 500 g/mol. The third-order valence-electron chi connectivity index (χ3n) is 4.88. The summed E-state index contributed by atoms with van der Waals surface area (Å²) < 4.78 is 18.9. The fraction of sp³-hybridized carbons (Fsp3) is 0.619. The van der Waals surface area contributed by atoms with E-state index in [1.165, 1.54) is 12.1 Å². The standard InChI is InChI=1S/C21H34FN5O2.HI/c1-15(2)13-27-8-9-29-19(14-27)12-26-21(24-3)25-11-17(20(23)28)10-16-4-6-18(22)7-5-16;/h4-7,15,17,19H,8-14H2,1-3H3,(H2,23,28)(H2,24,25,26);1H. The highest BCUT2D eigenvalue weighted by atomic mass is 127. The summed E-state index contributed by atoms with van der Waals surface area (Å²) in [5.74, 6) is 0.0932. The average Bonchev–Trinajstić information content (AvgIpc) is 2.68. The minimum Gasteiger partial charge on any atom is -0.374 e. The zero-order chi connectivity index (χ0) is 21.2. The second kappa shape index (κ2) is 13.8. The van der Waals surface area contributed by atoms with Crippen LogP contribution in [0.15, 0.2) is 29.3 Å². The van der Waals surface area contributed by atoms with Gasteiger partial charge in [0.15, 0.2) is 5.96 Å². The number of nitrogens with one attached hydrogen (secondary N) is 2. The van der Waals surface area contributed by atoms with Crippen molar-refractivity contribution in [1.29, 1.82) is 0 Å². The molecule has 1 aromatic carbocycles. The Bertz CT molecular complexity index is 672. The van der Waals surface area contributed by atoms with Crippen molar-refractivity contribution < 1.29 is 13.9 Å². The van der Waals surface area contributed by atoms with E-state index in [2.05, 4.69) is 34.4 Å². The van der Waals surface area contributed by atoms with Crippen molar-refractivity contribution in [3.63, 3.8) is 0 Å². The van der Waals surface area contributed by atoms with E-state index in [1.54, 1.807) is 19.2 Å². The van der Waals surface area contributed by atoms with E-state index in [1.807, 2.05) is 0 Å². The van der Waals surface area contributed by atoms with Crippen LogP contribution in [0.5, 0.6) is 0 Å². The van der Waals surface area contributed by atoms with Gasteiger partial charge in [-0.1, -0.05) is 26.0 Å². The summed E-state index contributed by atoms with van der Waals surface area (Å²) in [7, 11) is 1.68. The van der Waals surface area contributed by atoms with E-state index in [4.69, 9.17) is 10.5 Å². The molecule has 2 unspecified atom stereocenters. The Morgan fingerprint density at radius 3 is 2.63 bits per heavy atom. The number of primary amides is 1. The Kier molecular flexibility index (Phi) is 12.2. The fourth-order valence-electron chi connectivity index (χ4n) is 3.42. The number of benzene rings is 1. The molecule has 9 heteroatoms. The molecule has 1 aliphatic heterocycles. The molecule has 0 saturated carbocycles. The number of amides is 1. The first-order valence-corrected chi connectivity index (χ1v) is 10.2. The largest absolute Gasteiger partial charge is 0.374 e. The lowest BCUT2D eigenvalue weighted by atomic mass is 9.98. The topological polar surface area (TPSA) is 92.0 Å². The number of nitrogens with two attached hydrogens (primary N) is 1. The van der Waals surface area contributed by atoms with E-state index in [-0.39, 0.29) is 35.9 Å². The minimum absolute atomic E-state index is 0. The van der Waals surface area contributed by atoms with Gasteiger partial charge in [0.2, 0.25) is 5.91 Å². The van der Waals surface area contributed by atoms with Crippen LogP contribution >= 0.6 is 24.0 Å². The zero-order valence-corrected chi connectivity index (χ0v) is 20.4. The van der Waals surface area contributed by atoms with Crippen LogP contribution in [-0.4, -0.2) is 69.2 Å². The molecule has 0 radical (unpaired) electrons. The summed E-state index contributed by atoms with van der Waals surface area (Å²) in [5, 5.41) is 6.42. The van der Waals surface area contributed by atoms with Gasteiger partial charge in [0.1, 0.15) is 5.82 Å². The number of rotatable bonds is 9. The number of aliphatic imine (C=N–C) groups is 1. The molecular formula is C21H35FIN5O2. The van der Waals surface area contributed by atoms with Gasteiger partial charge < -0.3 is 21.1 Å². The summed E-state index contributed by atoms with van der Waals surface area (Å²) >= 11 is 0. The monoisotopic (exact) mass is 535 g/mol. The van der Waals surface area contributed by atoms with E-state index in [9.17, 15) is 9.18 Å². The molecule has 0 aromatic heterocycles. The Hall–Kier alpha value is -1.46. The maximum atomic E-state index is 13.1. The fourth-order valence-corrected chi connectivity index (χ4v) is 3.42. The summed E-state index contributed by atoms with van der Waals surface area (Å²) in [5.41, 5.74) is 6.41. The minimum atomic E-state index is -0.425. The second-order valence-electron chi connectivity index (χ2n) is 7.91. The summed E-state index contributed by atoms with van der Waals surface area (Å²) in [6, 6.07) is 6.10. The third-order valence-corrected chi connectivity index (χ3v) is 4.88. The number of hydrogen-bond acceptors (Lipinski definition) is 4. The number of nitrogens with zero attached hydrogens (tertiary/aromatic N) is 2. The van der Waals surface area contributed by atoms with Crippen molar-refractivity contribution in [3.05, 3.63) is 35.6 Å². The molecule has 1 fully saturated rings. The number of guanidine groups is 1. The van der Waals surface area contributed by atoms with Crippen molar-refractivity contribution in [2.45, 2.75) is 26.4 Å². The molecule has 0 spiro atoms. The van der Waals surface area contributed by atoms with Crippen LogP contribution in [0.1, 0.15) is 19.4 Å². The van der Waals surface area contributed by atoms with Gasteiger partial charge in [0.25, 0.3) is 0 Å². The van der Waals surface area contributed by atoms with Gasteiger partial charge in [0.05, 0.1) is 18.6 Å². The van der Waals surface area contributed by atoms with Gasteiger partial charge in [-0.05, 0) is 30.0 Å². The highest BCUT2D eigenvalue weighted by Gasteiger charge is 2.21. The highest BCUT2D eigenvalue weighted by Crippen LogP contribution is 2.10. The van der Waals surface area contributed by atoms with Crippen LogP contribution in [0.25, 0.3) is 0 Å². The van der Waals surface area contributed by atoms with E-state index in [0.717, 1.165) is 31.8 Å². The molecule has 2 rings (SSSR count). The lowest BCUT2D eigenvalue weighted by Crippen LogP contribution is -2.50. The molecule has 1 heterocycles. The van der Waals surface area contributed by atoms with Crippen molar-refractivity contribution in [3.8, 4) is 0 Å². The van der Waals surface area contributed by atoms with Crippen molar-refractivity contribution >= 4 is 35.8 Å². The van der Waals surface area contributed by atoms with Gasteiger partial charge in [-0.15, -0.1) is 24.0 Å². The maximum absolute atomic E-state index is 13.1. The number of halogens is 2. The van der Waals surface area contributed by atoms with Crippen LogP contribution in [0.2, 0.25) is 0 Å². The lowest BCUT2D eigenvalue weighted by molar-refractivity contribution is -0.121. The normalized spacial score (nSPS) is 18.6. The number of carbonyl (C=O) groups excluding carboxylic acids is 1. The van der Waals surface area contributed by atoms with E-state index in [0.29, 0.717) is 31.4 Å². The molecule has 1 amide bonds.